The van der Waals surface area contributed by atoms with Crippen LogP contribution in [0, 0.1) is 0 Å². The molecule has 2 aromatic rings. The maximum atomic E-state index is 13.2. The number of anilines is 2. The number of ether oxygens (including phenoxy) is 2. The number of para-hydroxylation sites is 1. The Balaban J connectivity index is 1.40. The van der Waals surface area contributed by atoms with Gasteiger partial charge in [-0.15, -0.1) is 0 Å². The van der Waals surface area contributed by atoms with Crippen LogP contribution in [0.25, 0.3) is 0 Å². The average molecular weight is 407 g/mol. The number of amides is 3. The molecule has 0 aliphatic carbocycles. The predicted molar refractivity (Wildman–Crippen MR) is 109 cm³/mol. The Hall–Kier alpha value is -3.55. The molecule has 2 aromatic carbocycles. The van der Waals surface area contributed by atoms with Crippen molar-refractivity contribution in [3.63, 3.8) is 0 Å². The second-order valence-corrected chi connectivity index (χ2v) is 7.50. The van der Waals surface area contributed by atoms with Crippen LogP contribution in [0.2, 0.25) is 0 Å². The Morgan fingerprint density at radius 3 is 2.73 bits per heavy atom. The molecule has 5 rings (SSSR count). The number of carbonyl (C=O) groups excluding carboxylic acids is 3. The molecule has 8 heteroatoms. The van der Waals surface area contributed by atoms with Crippen LogP contribution in [-0.4, -0.2) is 55.0 Å². The number of nitrogens with one attached hydrogen (secondary N) is 1. The summed E-state index contributed by atoms with van der Waals surface area (Å²) in [5, 5.41) is 2.82. The van der Waals surface area contributed by atoms with Gasteiger partial charge in [0.1, 0.15) is 25.8 Å². The highest BCUT2D eigenvalue weighted by atomic mass is 16.6. The Bertz CT molecular complexity index is 1040. The molecule has 154 valence electrons. The Labute approximate surface area is 173 Å². The molecule has 8 nitrogen and oxygen atoms in total. The summed E-state index contributed by atoms with van der Waals surface area (Å²) in [5.74, 6) is 0.478. The van der Waals surface area contributed by atoms with Crippen LogP contribution in [-0.2, 0) is 9.59 Å². The zero-order valence-electron chi connectivity index (χ0n) is 16.3. The quantitative estimate of drug-likeness (QED) is 0.841. The monoisotopic (exact) mass is 407 g/mol. The first-order chi connectivity index (χ1) is 14.6. The molecular formula is C22H21N3O5. The van der Waals surface area contributed by atoms with Crippen molar-refractivity contribution in [3.8, 4) is 11.5 Å². The van der Waals surface area contributed by atoms with Gasteiger partial charge in [0.05, 0.1) is 11.3 Å². The van der Waals surface area contributed by atoms with Gasteiger partial charge in [-0.3, -0.25) is 14.4 Å². The van der Waals surface area contributed by atoms with Crippen molar-refractivity contribution in [2.45, 2.75) is 18.9 Å². The fourth-order valence-electron chi connectivity index (χ4n) is 4.24. The molecule has 0 unspecified atom stereocenters. The van der Waals surface area contributed by atoms with E-state index in [0.29, 0.717) is 54.6 Å². The van der Waals surface area contributed by atoms with Crippen LogP contribution in [0.15, 0.2) is 42.5 Å². The van der Waals surface area contributed by atoms with Crippen molar-refractivity contribution < 1.29 is 23.9 Å². The third-order valence-corrected chi connectivity index (χ3v) is 5.62. The molecule has 1 atom stereocenters. The number of fused-ring (bicyclic) bond motifs is 3. The minimum atomic E-state index is -0.521. The second-order valence-electron chi connectivity index (χ2n) is 7.50. The molecule has 1 N–H and O–H groups in total. The molecular weight excluding hydrogens is 386 g/mol. The van der Waals surface area contributed by atoms with E-state index in [1.807, 2.05) is 0 Å². The van der Waals surface area contributed by atoms with E-state index in [1.165, 1.54) is 4.90 Å². The molecule has 1 saturated heterocycles. The lowest BCUT2D eigenvalue weighted by atomic mass is 10.1. The van der Waals surface area contributed by atoms with Crippen LogP contribution >= 0.6 is 0 Å². The molecule has 3 aliphatic rings. The molecule has 3 amide bonds. The van der Waals surface area contributed by atoms with Gasteiger partial charge < -0.3 is 24.6 Å². The lowest BCUT2D eigenvalue weighted by Gasteiger charge is -2.25. The maximum absolute atomic E-state index is 13.2. The van der Waals surface area contributed by atoms with Gasteiger partial charge in [0.2, 0.25) is 11.8 Å². The highest BCUT2D eigenvalue weighted by Crippen LogP contribution is 2.34. The molecule has 30 heavy (non-hydrogen) atoms. The molecule has 0 spiro atoms. The number of nitrogens with zero attached hydrogens (tertiary/aromatic N) is 2. The highest BCUT2D eigenvalue weighted by Gasteiger charge is 2.42. The molecule has 0 aromatic heterocycles. The molecule has 0 saturated carbocycles. The van der Waals surface area contributed by atoms with Crippen molar-refractivity contribution in [1.29, 1.82) is 0 Å². The van der Waals surface area contributed by atoms with Gasteiger partial charge in [0, 0.05) is 18.3 Å². The van der Waals surface area contributed by atoms with E-state index in [2.05, 4.69) is 5.32 Å². The minimum absolute atomic E-state index is 0.156. The van der Waals surface area contributed by atoms with Gasteiger partial charge >= 0.3 is 0 Å². The molecule has 3 aliphatic heterocycles. The summed E-state index contributed by atoms with van der Waals surface area (Å²) >= 11 is 0. The van der Waals surface area contributed by atoms with Crippen LogP contribution < -0.4 is 19.7 Å². The fraction of sp³-hybridized carbons (Fsp3) is 0.318. The Kier molecular flexibility index (Phi) is 4.54. The van der Waals surface area contributed by atoms with E-state index in [0.717, 1.165) is 6.42 Å². The van der Waals surface area contributed by atoms with Gasteiger partial charge in [0.25, 0.3) is 5.91 Å². The van der Waals surface area contributed by atoms with Crippen LogP contribution in [0.5, 0.6) is 11.5 Å². The van der Waals surface area contributed by atoms with Crippen LogP contribution in [0.1, 0.15) is 23.2 Å². The van der Waals surface area contributed by atoms with E-state index < -0.39 is 6.04 Å². The number of hydrogen-bond donors (Lipinski definition) is 1. The van der Waals surface area contributed by atoms with Crippen molar-refractivity contribution in [2.75, 3.05) is 36.5 Å². The first-order valence-corrected chi connectivity index (χ1v) is 10.0. The molecule has 3 heterocycles. The summed E-state index contributed by atoms with van der Waals surface area (Å²) in [5.41, 5.74) is 1.47. The van der Waals surface area contributed by atoms with Crippen molar-refractivity contribution >= 4 is 29.1 Å². The second kappa shape index (κ2) is 7.37. The number of carbonyl (C=O) groups is 3. The van der Waals surface area contributed by atoms with Gasteiger partial charge in [-0.1, -0.05) is 12.1 Å². The standard InChI is InChI=1S/C22H21N3O5/c26-20(23-14-7-8-18-19(12-14)30-11-10-29-18)13-25-16-5-2-1-4-15(16)21(27)24-9-3-6-17(24)22(25)28/h1-2,4-5,7-8,12,17H,3,6,9-11,13H2,(H,23,26)/t17-/m0/s1. The highest BCUT2D eigenvalue weighted by molar-refractivity contribution is 6.13. The molecule has 1 fully saturated rings. The topological polar surface area (TPSA) is 88.2 Å². The van der Waals surface area contributed by atoms with Crippen molar-refractivity contribution in [3.05, 3.63) is 48.0 Å². The first-order valence-electron chi connectivity index (χ1n) is 10.0. The summed E-state index contributed by atoms with van der Waals surface area (Å²) in [6, 6.07) is 11.6. The van der Waals surface area contributed by atoms with Gasteiger partial charge in [-0.2, -0.15) is 0 Å². The van der Waals surface area contributed by atoms with Gasteiger partial charge in [-0.25, -0.2) is 0 Å². The Morgan fingerprint density at radius 1 is 1.07 bits per heavy atom. The largest absolute Gasteiger partial charge is 0.486 e. The lowest BCUT2D eigenvalue weighted by Crippen LogP contribution is -2.47. The SMILES string of the molecule is O=C(CN1C(=O)[C@@H]2CCCN2C(=O)c2ccccc21)Nc1ccc2c(c1)OCCO2. The maximum Gasteiger partial charge on any atom is 0.256 e. The third-order valence-electron chi connectivity index (χ3n) is 5.62. The van der Waals surface area contributed by atoms with E-state index in [1.54, 1.807) is 47.4 Å². The third kappa shape index (κ3) is 3.14. The van der Waals surface area contributed by atoms with E-state index in [9.17, 15) is 14.4 Å². The number of benzene rings is 2. The average Bonchev–Trinajstić information content (AvgIpc) is 3.24. The summed E-state index contributed by atoms with van der Waals surface area (Å²) in [6.07, 6.45) is 1.39. The van der Waals surface area contributed by atoms with Gasteiger partial charge in [-0.05, 0) is 37.1 Å². The van der Waals surface area contributed by atoms with Crippen molar-refractivity contribution in [2.24, 2.45) is 0 Å². The molecule has 0 radical (unpaired) electrons. The number of hydrogen-bond acceptors (Lipinski definition) is 5. The summed E-state index contributed by atoms with van der Waals surface area (Å²) in [7, 11) is 0. The fourth-order valence-corrected chi connectivity index (χ4v) is 4.24. The number of rotatable bonds is 3. The van der Waals surface area contributed by atoms with Crippen LogP contribution in [0.4, 0.5) is 11.4 Å². The van der Waals surface area contributed by atoms with E-state index >= 15 is 0 Å². The lowest BCUT2D eigenvalue weighted by molar-refractivity contribution is -0.124. The normalized spacial score (nSPS) is 19.8. The summed E-state index contributed by atoms with van der Waals surface area (Å²) < 4.78 is 11.0. The van der Waals surface area contributed by atoms with E-state index in [-0.39, 0.29) is 24.3 Å². The Morgan fingerprint density at radius 2 is 1.87 bits per heavy atom. The smallest absolute Gasteiger partial charge is 0.256 e. The molecule has 0 bridgehead atoms. The summed E-state index contributed by atoms with van der Waals surface area (Å²) in [4.78, 5) is 42.0. The zero-order chi connectivity index (χ0) is 20.7. The van der Waals surface area contributed by atoms with Crippen molar-refractivity contribution in [1.82, 2.24) is 4.90 Å². The minimum Gasteiger partial charge on any atom is -0.486 e. The van der Waals surface area contributed by atoms with Crippen LogP contribution in [0.3, 0.4) is 0 Å². The summed E-state index contributed by atoms with van der Waals surface area (Å²) in [6.45, 7) is 1.32. The first kappa shape index (κ1) is 18.5. The zero-order valence-corrected chi connectivity index (χ0v) is 16.3. The van der Waals surface area contributed by atoms with E-state index in [4.69, 9.17) is 9.47 Å². The predicted octanol–water partition coefficient (Wildman–Crippen LogP) is 2.05. The van der Waals surface area contributed by atoms with Gasteiger partial charge in [0.15, 0.2) is 11.5 Å².